The molecule has 1 rings (SSSR count). The number of rotatable bonds is 9. The van der Waals surface area contributed by atoms with E-state index in [0.29, 0.717) is 13.0 Å². The number of nitrogens with two attached hydrogens (primary N) is 1. The molecular formula is C15H21N3O5. The number of primary amides is 1. The van der Waals surface area contributed by atoms with Crippen LogP contribution < -0.4 is 21.1 Å². The molecule has 0 aromatic heterocycles. The molecule has 0 unspecified atom stereocenters. The molecule has 0 spiro atoms. The summed E-state index contributed by atoms with van der Waals surface area (Å²) < 4.78 is 9.98. The Kier molecular flexibility index (Phi) is 7.98. The zero-order chi connectivity index (χ0) is 17.1. The third-order valence-corrected chi connectivity index (χ3v) is 2.90. The Balaban J connectivity index is 2.19. The van der Waals surface area contributed by atoms with Gasteiger partial charge in [0.05, 0.1) is 13.5 Å². The van der Waals surface area contributed by atoms with Crippen molar-refractivity contribution in [2.45, 2.75) is 12.8 Å². The van der Waals surface area contributed by atoms with Crippen molar-refractivity contribution in [2.75, 3.05) is 26.8 Å². The van der Waals surface area contributed by atoms with Crippen LogP contribution in [0.3, 0.4) is 0 Å². The largest absolute Gasteiger partial charge is 0.496 e. The summed E-state index contributed by atoms with van der Waals surface area (Å²) in [5.74, 6) is -0.218. The summed E-state index contributed by atoms with van der Waals surface area (Å²) in [6, 6.07) is 6.80. The zero-order valence-corrected chi connectivity index (χ0v) is 13.0. The van der Waals surface area contributed by atoms with Gasteiger partial charge >= 0.3 is 12.0 Å². The van der Waals surface area contributed by atoms with Crippen LogP contribution >= 0.6 is 0 Å². The van der Waals surface area contributed by atoms with Gasteiger partial charge in [-0.3, -0.25) is 9.59 Å². The van der Waals surface area contributed by atoms with Gasteiger partial charge < -0.3 is 25.8 Å². The van der Waals surface area contributed by atoms with E-state index in [2.05, 4.69) is 10.6 Å². The second-order valence-electron chi connectivity index (χ2n) is 4.61. The van der Waals surface area contributed by atoms with E-state index in [1.54, 1.807) is 7.11 Å². The average Bonchev–Trinajstić information content (AvgIpc) is 2.53. The lowest BCUT2D eigenvalue weighted by molar-refractivity contribution is -0.148. The van der Waals surface area contributed by atoms with Gasteiger partial charge in [-0.2, -0.15) is 0 Å². The Bertz CT molecular complexity index is 548. The monoisotopic (exact) mass is 323 g/mol. The molecule has 0 atom stereocenters. The lowest BCUT2D eigenvalue weighted by Gasteiger charge is -2.09. The van der Waals surface area contributed by atoms with Gasteiger partial charge in [-0.25, -0.2) is 4.79 Å². The molecule has 8 heteroatoms. The lowest BCUT2D eigenvalue weighted by Crippen LogP contribution is -2.33. The fourth-order valence-corrected chi connectivity index (χ4v) is 1.80. The highest BCUT2D eigenvalue weighted by Crippen LogP contribution is 2.17. The molecule has 0 aliphatic heterocycles. The highest BCUT2D eigenvalue weighted by Gasteiger charge is 2.08. The molecule has 1 aromatic carbocycles. The molecular weight excluding hydrogens is 302 g/mol. The summed E-state index contributed by atoms with van der Waals surface area (Å²) in [5.41, 5.74) is 5.83. The molecule has 3 amide bonds. The Hall–Kier alpha value is -2.77. The Morgan fingerprint density at radius 2 is 1.87 bits per heavy atom. The number of benzene rings is 1. The third-order valence-electron chi connectivity index (χ3n) is 2.90. The second kappa shape index (κ2) is 10.0. The Morgan fingerprint density at radius 1 is 1.13 bits per heavy atom. The lowest BCUT2D eigenvalue weighted by atomic mass is 10.1. The third kappa shape index (κ3) is 7.70. The van der Waals surface area contributed by atoms with E-state index in [9.17, 15) is 14.4 Å². The quantitative estimate of drug-likeness (QED) is 0.551. The minimum Gasteiger partial charge on any atom is -0.496 e. The van der Waals surface area contributed by atoms with E-state index in [1.165, 1.54) is 0 Å². The van der Waals surface area contributed by atoms with Crippen LogP contribution in [0.2, 0.25) is 0 Å². The fourth-order valence-electron chi connectivity index (χ4n) is 1.80. The molecule has 0 saturated carbocycles. The number of methoxy groups -OCH3 is 1. The average molecular weight is 323 g/mol. The number of carbonyl (C=O) groups excluding carboxylic acids is 3. The Labute approximate surface area is 134 Å². The summed E-state index contributed by atoms with van der Waals surface area (Å²) >= 11 is 0. The number of hydrogen-bond acceptors (Lipinski definition) is 5. The first-order valence-corrected chi connectivity index (χ1v) is 7.10. The van der Waals surface area contributed by atoms with Gasteiger partial charge in [-0.15, -0.1) is 0 Å². The fraction of sp³-hybridized carbons (Fsp3) is 0.400. The molecule has 0 radical (unpaired) electrons. The SMILES string of the molecule is COc1ccccc1CCNC(=O)COC(=O)CCNC(N)=O. The van der Waals surface area contributed by atoms with Crippen LogP contribution in [-0.4, -0.2) is 44.7 Å². The maximum Gasteiger partial charge on any atom is 0.312 e. The number of esters is 1. The molecule has 1 aromatic rings. The summed E-state index contributed by atoms with van der Waals surface area (Å²) in [7, 11) is 1.59. The van der Waals surface area contributed by atoms with Gasteiger partial charge in [0.25, 0.3) is 5.91 Å². The number of amides is 3. The van der Waals surface area contributed by atoms with Crippen molar-refractivity contribution in [1.29, 1.82) is 0 Å². The zero-order valence-electron chi connectivity index (χ0n) is 13.0. The molecule has 8 nitrogen and oxygen atoms in total. The maximum atomic E-state index is 11.6. The topological polar surface area (TPSA) is 120 Å². The van der Waals surface area contributed by atoms with E-state index >= 15 is 0 Å². The first-order chi connectivity index (χ1) is 11.0. The first kappa shape index (κ1) is 18.3. The van der Waals surface area contributed by atoms with Crippen molar-refractivity contribution in [3.05, 3.63) is 29.8 Å². The van der Waals surface area contributed by atoms with Gasteiger partial charge in [-0.1, -0.05) is 18.2 Å². The highest BCUT2D eigenvalue weighted by molar-refractivity contribution is 5.80. The van der Waals surface area contributed by atoms with Crippen LogP contribution in [0.1, 0.15) is 12.0 Å². The van der Waals surface area contributed by atoms with E-state index in [4.69, 9.17) is 15.2 Å². The number of hydrogen-bond donors (Lipinski definition) is 3. The summed E-state index contributed by atoms with van der Waals surface area (Å²) in [6.07, 6.45) is 0.559. The molecule has 0 bridgehead atoms. The summed E-state index contributed by atoms with van der Waals surface area (Å²) in [6.45, 7) is 0.116. The van der Waals surface area contributed by atoms with Crippen molar-refractivity contribution in [2.24, 2.45) is 5.73 Å². The predicted molar refractivity (Wildman–Crippen MR) is 82.9 cm³/mol. The molecule has 0 aliphatic rings. The van der Waals surface area contributed by atoms with E-state index in [-0.39, 0.29) is 19.6 Å². The van der Waals surface area contributed by atoms with Gasteiger partial charge in [0.15, 0.2) is 6.61 Å². The van der Waals surface area contributed by atoms with Crippen LogP contribution in [0.25, 0.3) is 0 Å². The first-order valence-electron chi connectivity index (χ1n) is 7.10. The molecule has 0 aliphatic carbocycles. The highest BCUT2D eigenvalue weighted by atomic mass is 16.5. The van der Waals surface area contributed by atoms with E-state index < -0.39 is 17.9 Å². The molecule has 23 heavy (non-hydrogen) atoms. The molecule has 0 fully saturated rings. The van der Waals surface area contributed by atoms with Crippen LogP contribution in [0.15, 0.2) is 24.3 Å². The molecule has 0 heterocycles. The summed E-state index contributed by atoms with van der Waals surface area (Å²) in [5, 5.41) is 4.90. The van der Waals surface area contributed by atoms with Crippen molar-refractivity contribution >= 4 is 17.9 Å². The normalized spacial score (nSPS) is 9.78. The number of urea groups is 1. The van der Waals surface area contributed by atoms with Crippen LogP contribution in [0.4, 0.5) is 4.79 Å². The molecule has 0 saturated heterocycles. The van der Waals surface area contributed by atoms with E-state index in [0.717, 1.165) is 11.3 Å². The van der Waals surface area contributed by atoms with Crippen molar-refractivity contribution < 1.29 is 23.9 Å². The number of ether oxygens (including phenoxy) is 2. The smallest absolute Gasteiger partial charge is 0.312 e. The number of para-hydroxylation sites is 1. The standard InChI is InChI=1S/C15H21N3O5/c1-22-12-5-3-2-4-11(12)6-8-17-13(19)10-23-14(20)7-9-18-15(16)21/h2-5H,6-10H2,1H3,(H,17,19)(H3,16,18,21). The number of nitrogens with one attached hydrogen (secondary N) is 2. The van der Waals surface area contributed by atoms with Gasteiger partial charge in [0.1, 0.15) is 5.75 Å². The van der Waals surface area contributed by atoms with Gasteiger partial charge in [-0.05, 0) is 18.1 Å². The second-order valence-corrected chi connectivity index (χ2v) is 4.61. The molecule has 4 N–H and O–H groups in total. The van der Waals surface area contributed by atoms with Crippen LogP contribution in [-0.2, 0) is 20.7 Å². The van der Waals surface area contributed by atoms with Crippen molar-refractivity contribution in [1.82, 2.24) is 10.6 Å². The van der Waals surface area contributed by atoms with Crippen LogP contribution in [0, 0.1) is 0 Å². The van der Waals surface area contributed by atoms with E-state index in [1.807, 2.05) is 24.3 Å². The number of carbonyl (C=O) groups is 3. The minimum absolute atomic E-state index is 0.0442. The predicted octanol–water partition coefficient (Wildman–Crippen LogP) is -0.0445. The maximum absolute atomic E-state index is 11.6. The van der Waals surface area contributed by atoms with Gasteiger partial charge in [0.2, 0.25) is 0 Å². The van der Waals surface area contributed by atoms with Crippen molar-refractivity contribution in [3.63, 3.8) is 0 Å². The van der Waals surface area contributed by atoms with Crippen molar-refractivity contribution in [3.8, 4) is 5.75 Å². The molecule has 126 valence electrons. The van der Waals surface area contributed by atoms with Gasteiger partial charge in [0, 0.05) is 13.1 Å². The summed E-state index contributed by atoms with van der Waals surface area (Å²) in [4.78, 5) is 33.3. The van der Waals surface area contributed by atoms with Crippen LogP contribution in [0.5, 0.6) is 5.75 Å². The Morgan fingerprint density at radius 3 is 2.57 bits per heavy atom. The minimum atomic E-state index is -0.716.